The Morgan fingerprint density at radius 2 is 1.65 bits per heavy atom. The number of phenols is 1. The zero-order valence-electron chi connectivity index (χ0n) is 15.1. The summed E-state index contributed by atoms with van der Waals surface area (Å²) in [6, 6.07) is 5.50. The van der Waals surface area contributed by atoms with Crippen molar-refractivity contribution in [2.24, 2.45) is 0 Å². The Hall–Kier alpha value is -1.22. The summed E-state index contributed by atoms with van der Waals surface area (Å²) in [6.07, 6.45) is 10.3. The van der Waals surface area contributed by atoms with Gasteiger partial charge in [-0.2, -0.15) is 0 Å². The van der Waals surface area contributed by atoms with Gasteiger partial charge in [-0.1, -0.05) is 58.4 Å². The molecule has 23 heavy (non-hydrogen) atoms. The van der Waals surface area contributed by atoms with E-state index in [4.69, 9.17) is 9.47 Å². The van der Waals surface area contributed by atoms with Crippen LogP contribution in [0.2, 0.25) is 0 Å². The summed E-state index contributed by atoms with van der Waals surface area (Å²) in [5.74, 6) is 1.09. The predicted molar refractivity (Wildman–Crippen MR) is 96.1 cm³/mol. The number of unbranched alkanes of at least 4 members (excludes halogenated alkanes) is 6. The Kier molecular flexibility index (Phi) is 10.5. The van der Waals surface area contributed by atoms with Crippen LogP contribution in [0.3, 0.4) is 0 Å². The van der Waals surface area contributed by atoms with Crippen molar-refractivity contribution >= 4 is 0 Å². The molecule has 0 fully saturated rings. The highest BCUT2D eigenvalue weighted by molar-refractivity contribution is 5.44. The molecule has 3 heteroatoms. The number of rotatable bonds is 13. The van der Waals surface area contributed by atoms with Crippen molar-refractivity contribution in [3.05, 3.63) is 23.8 Å². The standard InChI is InChI=1S/C20H34O3/c1-4-7-8-9-10-11-12-14-17-18(21)15-13-16-19(17)23-20(5-2)22-6-3/h13,15-16,20-21H,4-12,14H2,1-3H3. The van der Waals surface area contributed by atoms with E-state index < -0.39 is 0 Å². The molecule has 1 atom stereocenters. The fraction of sp³-hybridized carbons (Fsp3) is 0.700. The van der Waals surface area contributed by atoms with Crippen LogP contribution in [0.5, 0.6) is 11.5 Å². The average molecular weight is 322 g/mol. The molecule has 1 unspecified atom stereocenters. The van der Waals surface area contributed by atoms with Gasteiger partial charge in [0.25, 0.3) is 0 Å². The maximum Gasteiger partial charge on any atom is 0.199 e. The summed E-state index contributed by atoms with van der Waals surface area (Å²) in [4.78, 5) is 0. The second-order valence-corrected chi connectivity index (χ2v) is 6.04. The van der Waals surface area contributed by atoms with Gasteiger partial charge in [-0.05, 0) is 31.9 Å². The van der Waals surface area contributed by atoms with Crippen LogP contribution < -0.4 is 4.74 Å². The van der Waals surface area contributed by atoms with Crippen LogP contribution in [0.4, 0.5) is 0 Å². The molecule has 132 valence electrons. The fourth-order valence-electron chi connectivity index (χ4n) is 2.74. The Labute approximate surface area is 142 Å². The predicted octanol–water partition coefficient (Wildman–Crippen LogP) is 5.84. The Morgan fingerprint density at radius 3 is 2.30 bits per heavy atom. The van der Waals surface area contributed by atoms with Crippen LogP contribution in [-0.2, 0) is 11.2 Å². The molecule has 0 aromatic heterocycles. The molecule has 1 aromatic carbocycles. The van der Waals surface area contributed by atoms with Crippen molar-refractivity contribution < 1.29 is 14.6 Å². The second-order valence-electron chi connectivity index (χ2n) is 6.04. The molecule has 1 N–H and O–H groups in total. The number of ether oxygens (including phenoxy) is 2. The number of hydrogen-bond donors (Lipinski definition) is 1. The van der Waals surface area contributed by atoms with Crippen molar-refractivity contribution in [3.63, 3.8) is 0 Å². The molecule has 0 heterocycles. The highest BCUT2D eigenvalue weighted by Gasteiger charge is 2.13. The average Bonchev–Trinajstić information content (AvgIpc) is 2.55. The maximum absolute atomic E-state index is 10.2. The van der Waals surface area contributed by atoms with E-state index >= 15 is 0 Å². The molecule has 0 spiro atoms. The van der Waals surface area contributed by atoms with Gasteiger partial charge in [-0.3, -0.25) is 0 Å². The Bertz CT molecular complexity index is 417. The molecule has 0 amide bonds. The number of phenolic OH excluding ortho intramolecular Hbond substituents is 1. The Balaban J connectivity index is 2.50. The molecular weight excluding hydrogens is 288 g/mol. The maximum atomic E-state index is 10.2. The van der Waals surface area contributed by atoms with E-state index in [0.717, 1.165) is 30.6 Å². The molecule has 1 rings (SSSR count). The second kappa shape index (κ2) is 12.2. The largest absolute Gasteiger partial charge is 0.508 e. The van der Waals surface area contributed by atoms with E-state index in [-0.39, 0.29) is 6.29 Å². The van der Waals surface area contributed by atoms with Gasteiger partial charge < -0.3 is 14.6 Å². The smallest absolute Gasteiger partial charge is 0.199 e. The quantitative estimate of drug-likeness (QED) is 0.366. The van der Waals surface area contributed by atoms with Crippen LogP contribution in [-0.4, -0.2) is 18.0 Å². The van der Waals surface area contributed by atoms with Gasteiger partial charge in [0.2, 0.25) is 0 Å². The summed E-state index contributed by atoms with van der Waals surface area (Å²) < 4.78 is 11.5. The summed E-state index contributed by atoms with van der Waals surface area (Å²) in [7, 11) is 0. The monoisotopic (exact) mass is 322 g/mol. The Morgan fingerprint density at radius 1 is 0.957 bits per heavy atom. The zero-order chi connectivity index (χ0) is 16.9. The zero-order valence-corrected chi connectivity index (χ0v) is 15.1. The van der Waals surface area contributed by atoms with E-state index in [2.05, 4.69) is 6.92 Å². The summed E-state index contributed by atoms with van der Waals surface area (Å²) in [6.45, 7) is 6.88. The van der Waals surface area contributed by atoms with Crippen LogP contribution >= 0.6 is 0 Å². The molecule has 1 aromatic rings. The first-order chi connectivity index (χ1) is 11.2. The van der Waals surface area contributed by atoms with E-state index in [1.165, 1.54) is 38.5 Å². The minimum Gasteiger partial charge on any atom is -0.508 e. The molecule has 0 aliphatic heterocycles. The van der Waals surface area contributed by atoms with Crippen LogP contribution in [0.25, 0.3) is 0 Å². The molecule has 0 saturated heterocycles. The van der Waals surface area contributed by atoms with Crippen molar-refractivity contribution in [2.75, 3.05) is 6.61 Å². The summed E-state index contributed by atoms with van der Waals surface area (Å²) in [5.41, 5.74) is 0.916. The minimum absolute atomic E-state index is 0.241. The highest BCUT2D eigenvalue weighted by atomic mass is 16.7. The van der Waals surface area contributed by atoms with Crippen molar-refractivity contribution in [3.8, 4) is 11.5 Å². The molecule has 0 aliphatic rings. The van der Waals surface area contributed by atoms with E-state index in [1.54, 1.807) is 6.07 Å². The number of aromatic hydroxyl groups is 1. The van der Waals surface area contributed by atoms with E-state index in [1.807, 2.05) is 26.0 Å². The lowest BCUT2D eigenvalue weighted by atomic mass is 10.0. The van der Waals surface area contributed by atoms with Gasteiger partial charge in [-0.15, -0.1) is 0 Å². The first kappa shape index (κ1) is 19.8. The summed E-state index contributed by atoms with van der Waals surface area (Å²) >= 11 is 0. The first-order valence-electron chi connectivity index (χ1n) is 9.31. The van der Waals surface area contributed by atoms with Gasteiger partial charge in [0.15, 0.2) is 6.29 Å². The number of hydrogen-bond acceptors (Lipinski definition) is 3. The minimum atomic E-state index is -0.241. The lowest BCUT2D eigenvalue weighted by Gasteiger charge is -2.20. The molecule has 0 radical (unpaired) electrons. The topological polar surface area (TPSA) is 38.7 Å². The van der Waals surface area contributed by atoms with E-state index in [9.17, 15) is 5.11 Å². The van der Waals surface area contributed by atoms with Gasteiger partial charge in [0.05, 0.1) is 0 Å². The van der Waals surface area contributed by atoms with Gasteiger partial charge in [0, 0.05) is 18.6 Å². The van der Waals surface area contributed by atoms with Gasteiger partial charge >= 0.3 is 0 Å². The van der Waals surface area contributed by atoms with Crippen molar-refractivity contribution in [2.45, 2.75) is 84.8 Å². The van der Waals surface area contributed by atoms with Crippen molar-refractivity contribution in [1.29, 1.82) is 0 Å². The van der Waals surface area contributed by atoms with Crippen molar-refractivity contribution in [1.82, 2.24) is 0 Å². The number of benzene rings is 1. The molecular formula is C20H34O3. The first-order valence-corrected chi connectivity index (χ1v) is 9.31. The summed E-state index contributed by atoms with van der Waals surface area (Å²) in [5, 5.41) is 10.2. The highest BCUT2D eigenvalue weighted by Crippen LogP contribution is 2.30. The van der Waals surface area contributed by atoms with Crippen LogP contribution in [0.15, 0.2) is 18.2 Å². The normalized spacial score (nSPS) is 12.3. The fourth-order valence-corrected chi connectivity index (χ4v) is 2.74. The SMILES string of the molecule is CCCCCCCCCc1c(O)cccc1OC(CC)OCC. The third-order valence-corrected chi connectivity index (χ3v) is 4.08. The van der Waals surface area contributed by atoms with Crippen LogP contribution in [0, 0.1) is 0 Å². The van der Waals surface area contributed by atoms with Crippen LogP contribution in [0.1, 0.15) is 77.7 Å². The third-order valence-electron chi connectivity index (χ3n) is 4.08. The lowest BCUT2D eigenvalue weighted by molar-refractivity contribution is -0.0771. The molecule has 0 aliphatic carbocycles. The molecule has 0 saturated carbocycles. The van der Waals surface area contributed by atoms with E-state index in [0.29, 0.717) is 12.4 Å². The van der Waals surface area contributed by atoms with Gasteiger partial charge in [0.1, 0.15) is 11.5 Å². The molecule has 0 bridgehead atoms. The molecule has 3 nitrogen and oxygen atoms in total. The third kappa shape index (κ3) is 7.74. The lowest BCUT2D eigenvalue weighted by Crippen LogP contribution is -2.20. The van der Waals surface area contributed by atoms with Gasteiger partial charge in [-0.25, -0.2) is 0 Å².